The van der Waals surface area contributed by atoms with Crippen LogP contribution in [0.5, 0.6) is 0 Å². The van der Waals surface area contributed by atoms with E-state index >= 15 is 4.39 Å². The van der Waals surface area contributed by atoms with E-state index in [4.69, 9.17) is 5.11 Å². The van der Waals surface area contributed by atoms with Crippen LogP contribution in [-0.4, -0.2) is 73.6 Å². The molecule has 1 heterocycles. The number of rotatable bonds is 14. The Kier molecular flexibility index (Phi) is 12.4. The third-order valence-corrected chi connectivity index (χ3v) is 7.78. The van der Waals surface area contributed by atoms with Crippen molar-refractivity contribution in [1.82, 2.24) is 15.5 Å². The van der Waals surface area contributed by atoms with Crippen molar-refractivity contribution >= 4 is 12.0 Å². The van der Waals surface area contributed by atoms with Crippen LogP contribution in [0.15, 0.2) is 42.5 Å². The third kappa shape index (κ3) is 8.25. The second-order valence-corrected chi connectivity index (χ2v) is 10.4. The molecule has 2 aromatic rings. The molecule has 0 radical (unpaired) electrons. The summed E-state index contributed by atoms with van der Waals surface area (Å²) in [4.78, 5) is 26.5. The van der Waals surface area contributed by atoms with Gasteiger partial charge in [0, 0.05) is 44.1 Å². The highest BCUT2D eigenvalue weighted by Crippen LogP contribution is 2.44. The summed E-state index contributed by atoms with van der Waals surface area (Å²) in [5.74, 6) is -0.693. The molecule has 40 heavy (non-hydrogen) atoms. The van der Waals surface area contributed by atoms with Crippen LogP contribution in [-0.2, 0) is 21.6 Å². The van der Waals surface area contributed by atoms with Gasteiger partial charge in [0.1, 0.15) is 5.82 Å². The molecule has 0 saturated carbocycles. The van der Waals surface area contributed by atoms with E-state index in [-0.39, 0.29) is 24.9 Å². The molecule has 3 rings (SSSR count). The van der Waals surface area contributed by atoms with E-state index in [2.05, 4.69) is 15.4 Å². The summed E-state index contributed by atoms with van der Waals surface area (Å²) < 4.78 is 20.2. The smallest absolute Gasteiger partial charge is 0.406 e. The number of aliphatic hydroxyl groups is 2. The van der Waals surface area contributed by atoms with Crippen LogP contribution in [0, 0.1) is 11.7 Å². The molecule has 0 aliphatic carbocycles. The summed E-state index contributed by atoms with van der Waals surface area (Å²) in [5, 5.41) is 27.2. The van der Waals surface area contributed by atoms with Gasteiger partial charge >= 0.3 is 6.09 Å². The Hall–Kier alpha value is -3.01. The van der Waals surface area contributed by atoms with E-state index in [9.17, 15) is 14.7 Å². The van der Waals surface area contributed by atoms with Crippen LogP contribution in [0.1, 0.15) is 56.6 Å². The highest BCUT2D eigenvalue weighted by Gasteiger charge is 2.43. The number of methoxy groups -OCH3 is 1. The number of amides is 2. The number of piperidine rings is 1. The van der Waals surface area contributed by atoms with E-state index in [1.54, 1.807) is 12.1 Å². The lowest BCUT2D eigenvalue weighted by Crippen LogP contribution is -2.48. The van der Waals surface area contributed by atoms with Gasteiger partial charge in [-0.2, -0.15) is 0 Å². The maximum Gasteiger partial charge on any atom is 0.406 e. The monoisotopic (exact) mass is 557 g/mol. The van der Waals surface area contributed by atoms with Crippen LogP contribution in [0.4, 0.5) is 9.18 Å². The van der Waals surface area contributed by atoms with Gasteiger partial charge in [-0.25, -0.2) is 9.18 Å². The minimum Gasteiger partial charge on any atom is -0.453 e. The van der Waals surface area contributed by atoms with Gasteiger partial charge in [0.15, 0.2) is 0 Å². The Labute approximate surface area is 236 Å². The number of hydrogen-bond acceptors (Lipinski definition) is 6. The number of halogens is 1. The molecule has 0 aromatic heterocycles. The first-order valence-corrected chi connectivity index (χ1v) is 14.4. The molecule has 1 aliphatic rings. The first-order chi connectivity index (χ1) is 19.3. The van der Waals surface area contributed by atoms with Gasteiger partial charge in [-0.05, 0) is 67.8 Å². The molecule has 2 atom stereocenters. The number of likely N-dealkylation sites (tertiary alicyclic amines) is 1. The van der Waals surface area contributed by atoms with Crippen LogP contribution >= 0.6 is 0 Å². The largest absolute Gasteiger partial charge is 0.453 e. The fourth-order valence-corrected chi connectivity index (χ4v) is 5.62. The molecule has 8 nitrogen and oxygen atoms in total. The van der Waals surface area contributed by atoms with Gasteiger partial charge in [-0.1, -0.05) is 43.3 Å². The van der Waals surface area contributed by atoms with E-state index in [0.29, 0.717) is 75.1 Å². The standard InChI is InChI=1S/C31H44FN3O5/c1-3-23-9-4-10-24(21-23)29-26(12-5-13-27(29)32)31(39,15-8-17-34-30(38)40-2)25-11-7-19-35(22-25)28(37)14-6-16-33-18-20-36/h4-5,9-10,12-13,21,25,33,36,39H,3,6-8,11,14-20,22H2,1-2H3,(H,34,38)/t25-,31?/m1/s1. The zero-order valence-corrected chi connectivity index (χ0v) is 23.8. The normalized spacial score (nSPS) is 16.8. The Morgan fingerprint density at radius 1 is 1.15 bits per heavy atom. The quantitative estimate of drug-likeness (QED) is 0.262. The number of aryl methyl sites for hydroxylation is 1. The van der Waals surface area contributed by atoms with Crippen molar-refractivity contribution in [3.63, 3.8) is 0 Å². The molecule has 220 valence electrons. The molecule has 1 fully saturated rings. The zero-order valence-electron chi connectivity index (χ0n) is 23.8. The summed E-state index contributed by atoms with van der Waals surface area (Å²) in [6, 6.07) is 12.6. The van der Waals surface area contributed by atoms with Gasteiger partial charge in [0.2, 0.25) is 5.91 Å². The average molecular weight is 558 g/mol. The molecule has 0 spiro atoms. The SMILES string of the molecule is CCc1cccc(-c2c(F)cccc2C(O)(CCCNC(=O)OC)[C@@H]2CCCN(C(=O)CCCNCCO)C2)c1. The molecule has 4 N–H and O–H groups in total. The highest BCUT2D eigenvalue weighted by molar-refractivity contribution is 5.76. The van der Waals surface area contributed by atoms with Crippen molar-refractivity contribution in [2.24, 2.45) is 5.92 Å². The highest BCUT2D eigenvalue weighted by atomic mass is 19.1. The Balaban J connectivity index is 1.91. The second kappa shape index (κ2) is 15.7. The van der Waals surface area contributed by atoms with Crippen LogP contribution < -0.4 is 10.6 Å². The topological polar surface area (TPSA) is 111 Å². The Bertz CT molecular complexity index is 1110. The maximum absolute atomic E-state index is 15.6. The summed E-state index contributed by atoms with van der Waals surface area (Å²) in [6.45, 7) is 4.52. The van der Waals surface area contributed by atoms with Gasteiger partial charge < -0.3 is 30.5 Å². The summed E-state index contributed by atoms with van der Waals surface area (Å²) in [5.41, 5.74) is 1.23. The van der Waals surface area contributed by atoms with Crippen molar-refractivity contribution in [2.45, 2.75) is 57.5 Å². The second-order valence-electron chi connectivity index (χ2n) is 10.4. The molecule has 1 aliphatic heterocycles. The van der Waals surface area contributed by atoms with E-state index < -0.39 is 17.5 Å². The number of ether oxygens (including phenoxy) is 1. The molecular weight excluding hydrogens is 513 g/mol. The molecular formula is C31H44FN3O5. The molecule has 9 heteroatoms. The van der Waals surface area contributed by atoms with Crippen molar-refractivity contribution in [2.75, 3.05) is 46.4 Å². The van der Waals surface area contributed by atoms with Crippen molar-refractivity contribution in [3.8, 4) is 11.1 Å². The number of benzene rings is 2. The van der Waals surface area contributed by atoms with Gasteiger partial charge in [-0.3, -0.25) is 4.79 Å². The number of nitrogens with zero attached hydrogens (tertiary/aromatic N) is 1. The van der Waals surface area contributed by atoms with E-state index in [1.165, 1.54) is 13.2 Å². The summed E-state index contributed by atoms with van der Waals surface area (Å²) in [7, 11) is 1.30. The molecule has 2 amide bonds. The molecule has 1 unspecified atom stereocenters. The zero-order chi connectivity index (χ0) is 29.0. The van der Waals surface area contributed by atoms with E-state index in [0.717, 1.165) is 18.4 Å². The Morgan fingerprint density at radius 2 is 1.95 bits per heavy atom. The van der Waals surface area contributed by atoms with Gasteiger partial charge in [0.25, 0.3) is 0 Å². The van der Waals surface area contributed by atoms with Crippen molar-refractivity contribution < 1.29 is 28.9 Å². The molecule has 0 bridgehead atoms. The summed E-state index contributed by atoms with van der Waals surface area (Å²) >= 11 is 0. The number of alkyl carbamates (subject to hydrolysis) is 1. The fraction of sp³-hybridized carbons (Fsp3) is 0.548. The summed E-state index contributed by atoms with van der Waals surface area (Å²) in [6.07, 6.45) is 3.43. The van der Waals surface area contributed by atoms with Crippen LogP contribution in [0.3, 0.4) is 0 Å². The average Bonchev–Trinajstić information content (AvgIpc) is 2.98. The first kappa shape index (κ1) is 31.5. The predicted molar refractivity (Wildman–Crippen MR) is 153 cm³/mol. The molecule has 2 aromatic carbocycles. The van der Waals surface area contributed by atoms with Crippen molar-refractivity contribution in [1.29, 1.82) is 0 Å². The number of hydrogen-bond donors (Lipinski definition) is 4. The number of carbonyl (C=O) groups excluding carboxylic acids is 2. The number of carbonyl (C=O) groups is 2. The Morgan fingerprint density at radius 3 is 2.70 bits per heavy atom. The maximum atomic E-state index is 15.6. The predicted octanol–water partition coefficient (Wildman–Crippen LogP) is 3.98. The first-order valence-electron chi connectivity index (χ1n) is 14.4. The lowest BCUT2D eigenvalue weighted by molar-refractivity contribution is -0.136. The minimum absolute atomic E-state index is 0.0281. The van der Waals surface area contributed by atoms with Crippen LogP contribution in [0.2, 0.25) is 0 Å². The third-order valence-electron chi connectivity index (χ3n) is 7.78. The lowest BCUT2D eigenvalue weighted by Gasteiger charge is -2.43. The number of nitrogens with one attached hydrogen (secondary N) is 2. The number of aliphatic hydroxyl groups excluding tert-OH is 1. The van der Waals surface area contributed by atoms with Crippen LogP contribution in [0.25, 0.3) is 11.1 Å². The van der Waals surface area contributed by atoms with Gasteiger partial charge in [-0.15, -0.1) is 0 Å². The van der Waals surface area contributed by atoms with Crippen molar-refractivity contribution in [3.05, 3.63) is 59.4 Å². The molecule has 1 saturated heterocycles. The van der Waals surface area contributed by atoms with E-state index in [1.807, 2.05) is 36.1 Å². The lowest BCUT2D eigenvalue weighted by atomic mass is 9.72. The minimum atomic E-state index is -1.43. The fourth-order valence-electron chi connectivity index (χ4n) is 5.62. The van der Waals surface area contributed by atoms with Gasteiger partial charge in [0.05, 0.1) is 19.3 Å².